The van der Waals surface area contributed by atoms with Gasteiger partial charge in [-0.3, -0.25) is 4.79 Å². The normalized spacial score (nSPS) is 14.3. The summed E-state index contributed by atoms with van der Waals surface area (Å²) < 4.78 is 11.4. The molecule has 4 aromatic heterocycles. The number of imidazole rings is 1. The van der Waals surface area contributed by atoms with Crippen molar-refractivity contribution in [2.24, 2.45) is 7.05 Å². The van der Waals surface area contributed by atoms with E-state index in [1.54, 1.807) is 21.8 Å². The number of hydrogen-bond donors (Lipinski definition) is 2. The highest BCUT2D eigenvalue weighted by Gasteiger charge is 2.20. The first kappa shape index (κ1) is 22.9. The lowest BCUT2D eigenvalue weighted by molar-refractivity contribution is 0.156. The lowest BCUT2D eigenvalue weighted by Gasteiger charge is -2.23. The number of nitrogens with one attached hydrogen (secondary N) is 2. The zero-order valence-electron chi connectivity index (χ0n) is 20.5. The number of pyridine rings is 1. The molecule has 188 valence electrons. The van der Waals surface area contributed by atoms with Crippen molar-refractivity contribution in [1.29, 1.82) is 0 Å². The lowest BCUT2D eigenvalue weighted by atomic mass is 10.1. The molecule has 0 spiro atoms. The second kappa shape index (κ2) is 9.51. The first-order valence-corrected chi connectivity index (χ1v) is 12.2. The predicted octanol–water partition coefficient (Wildman–Crippen LogP) is 2.92. The van der Waals surface area contributed by atoms with Gasteiger partial charge in [-0.05, 0) is 50.2 Å². The first-order valence-electron chi connectivity index (χ1n) is 12.2. The number of aryl methyl sites for hydroxylation is 1. The van der Waals surface area contributed by atoms with Gasteiger partial charge in [0.15, 0.2) is 11.5 Å². The molecule has 11 heteroatoms. The minimum Gasteiger partial charge on any atom is -0.474 e. The summed E-state index contributed by atoms with van der Waals surface area (Å²) in [4.78, 5) is 31.5. The number of fused-ring (bicyclic) bond motifs is 2. The number of benzene rings is 1. The highest BCUT2D eigenvalue weighted by Crippen LogP contribution is 2.23. The molecule has 0 radical (unpaired) electrons. The van der Waals surface area contributed by atoms with E-state index in [4.69, 9.17) is 14.7 Å². The standard InChI is InChI=1S/C26H27N9O2/c1-3-13-34-25(36)19-15-28-26(30-17-7-8-21-20(14-17)29-16-33(21)2)32-24(19)35(34)22-5-4-6-23(31-22)37-18-9-11-27-12-10-18/h3-8,14-16,18,27H,1,9-13H2,2H3,(H,28,30,32). The highest BCUT2D eigenvalue weighted by molar-refractivity contribution is 5.81. The van der Waals surface area contributed by atoms with E-state index in [1.807, 2.05) is 48.0 Å². The van der Waals surface area contributed by atoms with Crippen LogP contribution in [0.1, 0.15) is 12.8 Å². The van der Waals surface area contributed by atoms with Crippen LogP contribution in [-0.2, 0) is 13.6 Å². The van der Waals surface area contributed by atoms with Crippen molar-refractivity contribution < 1.29 is 4.74 Å². The Hall–Kier alpha value is -4.51. The predicted molar refractivity (Wildman–Crippen MR) is 142 cm³/mol. The molecule has 6 rings (SSSR count). The van der Waals surface area contributed by atoms with Crippen LogP contribution in [0.5, 0.6) is 5.88 Å². The quantitative estimate of drug-likeness (QED) is 0.330. The van der Waals surface area contributed by atoms with Gasteiger partial charge in [-0.25, -0.2) is 19.3 Å². The Morgan fingerprint density at radius 3 is 2.89 bits per heavy atom. The van der Waals surface area contributed by atoms with Gasteiger partial charge < -0.3 is 19.9 Å². The van der Waals surface area contributed by atoms with Crippen molar-refractivity contribution >= 4 is 33.7 Å². The molecule has 0 amide bonds. The number of rotatable bonds is 7. The van der Waals surface area contributed by atoms with E-state index in [2.05, 4.69) is 27.2 Å². The Balaban J connectivity index is 1.40. The van der Waals surface area contributed by atoms with Crippen molar-refractivity contribution in [1.82, 2.24) is 39.2 Å². The Kier molecular flexibility index (Phi) is 5.89. The molecule has 37 heavy (non-hydrogen) atoms. The van der Waals surface area contributed by atoms with Crippen molar-refractivity contribution in [3.8, 4) is 11.7 Å². The van der Waals surface area contributed by atoms with E-state index in [9.17, 15) is 4.79 Å². The van der Waals surface area contributed by atoms with Crippen LogP contribution in [0.25, 0.3) is 27.9 Å². The molecule has 11 nitrogen and oxygen atoms in total. The van der Waals surface area contributed by atoms with Gasteiger partial charge in [0, 0.05) is 25.0 Å². The number of aromatic nitrogens is 7. The van der Waals surface area contributed by atoms with E-state index in [0.717, 1.165) is 42.7 Å². The van der Waals surface area contributed by atoms with E-state index in [0.29, 0.717) is 28.7 Å². The van der Waals surface area contributed by atoms with Crippen LogP contribution in [0.15, 0.2) is 66.4 Å². The molecule has 1 aliphatic rings. The van der Waals surface area contributed by atoms with Crippen LogP contribution in [-0.4, -0.2) is 53.1 Å². The van der Waals surface area contributed by atoms with Crippen LogP contribution in [0, 0.1) is 0 Å². The Labute approximate surface area is 212 Å². The molecule has 1 aromatic carbocycles. The highest BCUT2D eigenvalue weighted by atomic mass is 16.5. The SMILES string of the molecule is C=CCn1c(=O)c2cnc(Nc3ccc4c(c3)ncn4C)nc2n1-c1cccc(OC2CCNCC2)n1. The molecule has 0 atom stereocenters. The summed E-state index contributed by atoms with van der Waals surface area (Å²) in [6.45, 7) is 5.95. The fourth-order valence-electron chi connectivity index (χ4n) is 4.62. The van der Waals surface area contributed by atoms with E-state index in [1.165, 1.54) is 6.20 Å². The third kappa shape index (κ3) is 4.33. The number of hydrogen-bond acceptors (Lipinski definition) is 8. The average Bonchev–Trinajstić information content (AvgIpc) is 3.41. The molecular weight excluding hydrogens is 470 g/mol. The maximum atomic E-state index is 13.3. The fraction of sp³-hybridized carbons (Fsp3) is 0.269. The second-order valence-corrected chi connectivity index (χ2v) is 9.00. The molecule has 1 aliphatic heterocycles. The van der Waals surface area contributed by atoms with Crippen LogP contribution >= 0.6 is 0 Å². The summed E-state index contributed by atoms with van der Waals surface area (Å²) in [5.41, 5.74) is 2.89. The Morgan fingerprint density at radius 2 is 2.05 bits per heavy atom. The number of allylic oxidation sites excluding steroid dienone is 1. The van der Waals surface area contributed by atoms with Crippen LogP contribution < -0.4 is 20.9 Å². The third-order valence-electron chi connectivity index (χ3n) is 6.46. The monoisotopic (exact) mass is 497 g/mol. The van der Waals surface area contributed by atoms with Gasteiger partial charge >= 0.3 is 0 Å². The molecule has 0 bridgehead atoms. The third-order valence-corrected chi connectivity index (χ3v) is 6.46. The van der Waals surface area contributed by atoms with Crippen molar-refractivity contribution in [3.63, 3.8) is 0 Å². The zero-order chi connectivity index (χ0) is 25.4. The van der Waals surface area contributed by atoms with E-state index < -0.39 is 0 Å². The molecule has 1 fully saturated rings. The van der Waals surface area contributed by atoms with Gasteiger partial charge in [0.1, 0.15) is 11.5 Å². The van der Waals surface area contributed by atoms with Crippen LogP contribution in [0.4, 0.5) is 11.6 Å². The minimum absolute atomic E-state index is 0.107. The molecule has 0 saturated carbocycles. The number of piperidine rings is 1. The summed E-state index contributed by atoms with van der Waals surface area (Å²) in [6.07, 6.45) is 6.93. The Morgan fingerprint density at radius 1 is 1.19 bits per heavy atom. The maximum absolute atomic E-state index is 13.3. The molecule has 2 N–H and O–H groups in total. The summed E-state index contributed by atoms with van der Waals surface area (Å²) in [5.74, 6) is 1.40. The van der Waals surface area contributed by atoms with Crippen LogP contribution in [0.3, 0.4) is 0 Å². The number of ether oxygens (including phenoxy) is 1. The van der Waals surface area contributed by atoms with Crippen LogP contribution in [0.2, 0.25) is 0 Å². The first-order chi connectivity index (χ1) is 18.1. The van der Waals surface area contributed by atoms with Gasteiger partial charge in [-0.1, -0.05) is 12.1 Å². The molecule has 0 aliphatic carbocycles. The van der Waals surface area contributed by atoms with Gasteiger partial charge in [0.25, 0.3) is 5.56 Å². The number of nitrogens with zero attached hydrogens (tertiary/aromatic N) is 7. The fourth-order valence-corrected chi connectivity index (χ4v) is 4.62. The molecule has 0 unspecified atom stereocenters. The average molecular weight is 498 g/mol. The van der Waals surface area contributed by atoms with Crippen molar-refractivity contribution in [2.75, 3.05) is 18.4 Å². The summed E-state index contributed by atoms with van der Waals surface area (Å²) in [5, 5.41) is 6.96. The zero-order valence-corrected chi connectivity index (χ0v) is 20.5. The van der Waals surface area contributed by atoms with Gasteiger partial charge in [-0.2, -0.15) is 9.97 Å². The van der Waals surface area contributed by atoms with Gasteiger partial charge in [0.2, 0.25) is 11.8 Å². The minimum atomic E-state index is -0.220. The smallest absolute Gasteiger partial charge is 0.278 e. The molecule has 5 heterocycles. The van der Waals surface area contributed by atoms with Gasteiger partial charge in [-0.15, -0.1) is 6.58 Å². The lowest BCUT2D eigenvalue weighted by Crippen LogP contribution is -2.34. The molecule has 5 aromatic rings. The van der Waals surface area contributed by atoms with Crippen molar-refractivity contribution in [2.45, 2.75) is 25.5 Å². The van der Waals surface area contributed by atoms with E-state index in [-0.39, 0.29) is 18.2 Å². The molecule has 1 saturated heterocycles. The summed E-state index contributed by atoms with van der Waals surface area (Å²) in [6, 6.07) is 11.4. The Bertz CT molecular complexity index is 1660. The van der Waals surface area contributed by atoms with E-state index >= 15 is 0 Å². The maximum Gasteiger partial charge on any atom is 0.278 e. The summed E-state index contributed by atoms with van der Waals surface area (Å²) in [7, 11) is 1.95. The second-order valence-electron chi connectivity index (χ2n) is 9.00. The van der Waals surface area contributed by atoms with Gasteiger partial charge in [0.05, 0.1) is 23.9 Å². The van der Waals surface area contributed by atoms with Crippen molar-refractivity contribution in [3.05, 3.63) is 71.9 Å². The number of anilines is 2. The summed E-state index contributed by atoms with van der Waals surface area (Å²) >= 11 is 0. The largest absolute Gasteiger partial charge is 0.474 e. The topological polar surface area (TPSA) is 117 Å². The molecular formula is C26H27N9O2.